The zero-order valence-electron chi connectivity index (χ0n) is 11.8. The number of ether oxygens (including phenoxy) is 1. The molecular formula is C16H12F4N2O. The van der Waals surface area contributed by atoms with Gasteiger partial charge in [-0.3, -0.25) is 0 Å². The molecule has 0 saturated carbocycles. The third kappa shape index (κ3) is 3.61. The molecule has 0 atom stereocenters. The summed E-state index contributed by atoms with van der Waals surface area (Å²) in [4.78, 5) is 5.91. The summed E-state index contributed by atoms with van der Waals surface area (Å²) in [5, 5.41) is 0. The Morgan fingerprint density at radius 1 is 1.09 bits per heavy atom. The fraction of sp³-hybridized carbons (Fsp3) is 0.188. The number of hydrogen-bond donors (Lipinski definition) is 0. The number of fused-ring (bicyclic) bond motifs is 1. The Kier molecular flexibility index (Phi) is 4.18. The monoisotopic (exact) mass is 324 g/mol. The second-order valence-corrected chi connectivity index (χ2v) is 5.07. The first-order chi connectivity index (χ1) is 11.0. The summed E-state index contributed by atoms with van der Waals surface area (Å²) in [7, 11) is 0. The van der Waals surface area contributed by atoms with E-state index in [1.807, 2.05) is 4.90 Å². The van der Waals surface area contributed by atoms with Crippen LogP contribution in [0.3, 0.4) is 0 Å². The van der Waals surface area contributed by atoms with Crippen LogP contribution in [0.25, 0.3) is 0 Å². The van der Waals surface area contributed by atoms with E-state index in [9.17, 15) is 17.6 Å². The quantitative estimate of drug-likeness (QED) is 0.786. The highest BCUT2D eigenvalue weighted by Gasteiger charge is 2.16. The van der Waals surface area contributed by atoms with E-state index in [1.165, 1.54) is 12.1 Å². The Morgan fingerprint density at radius 2 is 1.78 bits per heavy atom. The first-order valence-electron chi connectivity index (χ1n) is 6.81. The van der Waals surface area contributed by atoms with Crippen LogP contribution in [0.1, 0.15) is 11.1 Å². The average Bonchev–Trinajstić information content (AvgIpc) is 2.50. The van der Waals surface area contributed by atoms with Crippen molar-refractivity contribution in [1.29, 1.82) is 0 Å². The lowest BCUT2D eigenvalue weighted by Gasteiger charge is -2.24. The summed E-state index contributed by atoms with van der Waals surface area (Å²) in [6.45, 7) is -2.02. The van der Waals surface area contributed by atoms with Gasteiger partial charge in [-0.25, -0.2) is 13.8 Å². The lowest BCUT2D eigenvalue weighted by molar-refractivity contribution is -0.0498. The number of rotatable bonds is 4. The van der Waals surface area contributed by atoms with Gasteiger partial charge in [0.2, 0.25) is 0 Å². The molecule has 0 aromatic heterocycles. The maximum atomic E-state index is 13.3. The number of nitrogens with zero attached hydrogens (tertiary/aromatic N) is 2. The molecule has 0 radical (unpaired) electrons. The predicted octanol–water partition coefficient (Wildman–Crippen LogP) is 4.24. The Hall–Kier alpha value is -2.57. The second-order valence-electron chi connectivity index (χ2n) is 5.07. The molecule has 0 bridgehead atoms. The Labute approximate surface area is 129 Å². The zero-order chi connectivity index (χ0) is 16.4. The summed E-state index contributed by atoms with van der Waals surface area (Å²) in [6.07, 6.45) is 1.54. The van der Waals surface area contributed by atoms with Gasteiger partial charge in [0.25, 0.3) is 0 Å². The minimum atomic E-state index is -2.86. The molecule has 1 heterocycles. The highest BCUT2D eigenvalue weighted by molar-refractivity contribution is 5.67. The molecule has 0 fully saturated rings. The first kappa shape index (κ1) is 15.3. The van der Waals surface area contributed by atoms with Crippen molar-refractivity contribution >= 4 is 12.0 Å². The first-order valence-corrected chi connectivity index (χ1v) is 6.81. The van der Waals surface area contributed by atoms with E-state index in [4.69, 9.17) is 0 Å². The summed E-state index contributed by atoms with van der Waals surface area (Å²) in [5.74, 6) is -1.75. The van der Waals surface area contributed by atoms with Crippen molar-refractivity contribution in [3.05, 3.63) is 59.2 Å². The largest absolute Gasteiger partial charge is 0.435 e. The van der Waals surface area contributed by atoms with Crippen LogP contribution in [0.2, 0.25) is 0 Å². The van der Waals surface area contributed by atoms with E-state index in [-0.39, 0.29) is 5.75 Å². The molecule has 0 aliphatic carbocycles. The van der Waals surface area contributed by atoms with E-state index in [0.717, 1.165) is 17.7 Å². The van der Waals surface area contributed by atoms with E-state index in [2.05, 4.69) is 9.73 Å². The normalized spacial score (nSPS) is 13.3. The molecule has 0 spiro atoms. The highest BCUT2D eigenvalue weighted by atomic mass is 19.3. The summed E-state index contributed by atoms with van der Waals surface area (Å²) in [5.41, 5.74) is 1.84. The number of aliphatic imine (C=N–C) groups is 1. The van der Waals surface area contributed by atoms with E-state index in [0.29, 0.717) is 24.3 Å². The molecule has 3 nitrogen and oxygen atoms in total. The van der Waals surface area contributed by atoms with E-state index >= 15 is 0 Å². The summed E-state index contributed by atoms with van der Waals surface area (Å²) >= 11 is 0. The Morgan fingerprint density at radius 3 is 2.48 bits per heavy atom. The van der Waals surface area contributed by atoms with E-state index < -0.39 is 18.2 Å². The molecule has 0 amide bonds. The van der Waals surface area contributed by atoms with Crippen molar-refractivity contribution in [2.24, 2.45) is 4.99 Å². The SMILES string of the molecule is Fc1cc2c(cc1F)N=CN(Cc1ccc(OC(F)F)cc1)C2. The van der Waals surface area contributed by atoms with Crippen LogP contribution in [-0.4, -0.2) is 17.8 Å². The van der Waals surface area contributed by atoms with E-state index in [1.54, 1.807) is 18.5 Å². The molecule has 7 heteroatoms. The lowest BCUT2D eigenvalue weighted by atomic mass is 10.1. The van der Waals surface area contributed by atoms with Crippen LogP contribution < -0.4 is 4.74 Å². The minimum absolute atomic E-state index is 0.0824. The third-order valence-electron chi connectivity index (χ3n) is 3.39. The molecule has 23 heavy (non-hydrogen) atoms. The van der Waals surface area contributed by atoms with Crippen LogP contribution >= 0.6 is 0 Å². The van der Waals surface area contributed by atoms with Gasteiger partial charge in [-0.15, -0.1) is 0 Å². The topological polar surface area (TPSA) is 24.8 Å². The van der Waals surface area contributed by atoms with Crippen LogP contribution in [0, 0.1) is 11.6 Å². The number of benzene rings is 2. The van der Waals surface area contributed by atoms with Crippen molar-refractivity contribution in [3.63, 3.8) is 0 Å². The molecule has 3 rings (SSSR count). The molecule has 1 aliphatic rings. The molecule has 0 unspecified atom stereocenters. The molecule has 2 aromatic rings. The van der Waals surface area contributed by atoms with Gasteiger partial charge in [0.05, 0.1) is 12.0 Å². The van der Waals surface area contributed by atoms with Gasteiger partial charge in [-0.2, -0.15) is 8.78 Å². The summed E-state index contributed by atoms with van der Waals surface area (Å²) < 4.78 is 54.9. The predicted molar refractivity (Wildman–Crippen MR) is 76.8 cm³/mol. The van der Waals surface area contributed by atoms with Crippen molar-refractivity contribution < 1.29 is 22.3 Å². The zero-order valence-corrected chi connectivity index (χ0v) is 11.8. The number of alkyl halides is 2. The standard InChI is InChI=1S/C16H12F4N2O/c17-13-5-11-8-22(9-21-15(11)6-14(13)18)7-10-1-3-12(4-2-10)23-16(19)20/h1-6,9,16H,7-8H2. The van der Waals surface area contributed by atoms with Crippen molar-refractivity contribution in [3.8, 4) is 5.75 Å². The van der Waals surface area contributed by atoms with Crippen LogP contribution in [0.5, 0.6) is 5.75 Å². The number of halogens is 4. The smallest absolute Gasteiger partial charge is 0.387 e. The van der Waals surface area contributed by atoms with Gasteiger partial charge in [-0.05, 0) is 23.8 Å². The molecule has 120 valence electrons. The fourth-order valence-electron chi connectivity index (χ4n) is 2.34. The van der Waals surface area contributed by atoms with Gasteiger partial charge in [0, 0.05) is 24.7 Å². The van der Waals surface area contributed by atoms with Crippen molar-refractivity contribution in [1.82, 2.24) is 4.90 Å². The van der Waals surface area contributed by atoms with Crippen LogP contribution in [-0.2, 0) is 13.1 Å². The van der Waals surface area contributed by atoms with Gasteiger partial charge >= 0.3 is 6.61 Å². The maximum Gasteiger partial charge on any atom is 0.387 e. The lowest BCUT2D eigenvalue weighted by Crippen LogP contribution is -2.23. The highest BCUT2D eigenvalue weighted by Crippen LogP contribution is 2.27. The van der Waals surface area contributed by atoms with Crippen LogP contribution in [0.15, 0.2) is 41.4 Å². The van der Waals surface area contributed by atoms with Gasteiger partial charge in [-0.1, -0.05) is 12.1 Å². The minimum Gasteiger partial charge on any atom is -0.435 e. The summed E-state index contributed by atoms with van der Waals surface area (Å²) in [6, 6.07) is 8.42. The average molecular weight is 324 g/mol. The van der Waals surface area contributed by atoms with Gasteiger partial charge in [0.1, 0.15) is 5.75 Å². The third-order valence-corrected chi connectivity index (χ3v) is 3.39. The molecule has 1 aliphatic heterocycles. The van der Waals surface area contributed by atoms with Crippen LogP contribution in [0.4, 0.5) is 23.2 Å². The molecule has 0 saturated heterocycles. The Bertz CT molecular complexity index is 732. The van der Waals surface area contributed by atoms with Crippen molar-refractivity contribution in [2.45, 2.75) is 19.7 Å². The maximum absolute atomic E-state index is 13.3. The number of hydrogen-bond acceptors (Lipinski definition) is 3. The molecule has 0 N–H and O–H groups in total. The molecule has 2 aromatic carbocycles. The Balaban J connectivity index is 1.69. The second kappa shape index (κ2) is 6.28. The van der Waals surface area contributed by atoms with Gasteiger partial charge in [0.15, 0.2) is 11.6 Å². The van der Waals surface area contributed by atoms with Crippen molar-refractivity contribution in [2.75, 3.05) is 0 Å². The fourth-order valence-corrected chi connectivity index (χ4v) is 2.34. The molecular weight excluding hydrogens is 312 g/mol. The van der Waals surface area contributed by atoms with Gasteiger partial charge < -0.3 is 9.64 Å².